The van der Waals surface area contributed by atoms with Crippen LogP contribution in [0.3, 0.4) is 0 Å². The molecule has 0 unspecified atom stereocenters. The Balaban J connectivity index is 2.18. The first-order valence-electron chi connectivity index (χ1n) is 5.47. The molecule has 1 atom stereocenters. The minimum absolute atomic E-state index is 0.0611. The molecule has 6 heteroatoms. The maximum absolute atomic E-state index is 11.9. The van der Waals surface area contributed by atoms with Crippen LogP contribution in [0.1, 0.15) is 23.7 Å². The van der Waals surface area contributed by atoms with E-state index in [0.717, 1.165) is 5.52 Å². The summed E-state index contributed by atoms with van der Waals surface area (Å²) in [7, 11) is 0. The Morgan fingerprint density at radius 2 is 2.24 bits per heavy atom. The highest BCUT2D eigenvalue weighted by Crippen LogP contribution is 2.10. The van der Waals surface area contributed by atoms with Gasteiger partial charge in [0.1, 0.15) is 11.0 Å². The van der Waals surface area contributed by atoms with Gasteiger partial charge in [-0.2, -0.15) is 15.4 Å². The quantitative estimate of drug-likeness (QED) is 0.716. The number of aliphatic hydroxyl groups excluding tert-OH is 1. The molecule has 0 fully saturated rings. The van der Waals surface area contributed by atoms with E-state index >= 15 is 0 Å². The first kappa shape index (κ1) is 11.5. The van der Waals surface area contributed by atoms with Crippen molar-refractivity contribution in [3.63, 3.8) is 0 Å². The van der Waals surface area contributed by atoms with Gasteiger partial charge in [-0.15, -0.1) is 0 Å². The monoisotopic (exact) mass is 234 g/mol. The predicted octanol–water partition coefficient (Wildman–Crippen LogP) is 0.459. The zero-order chi connectivity index (χ0) is 12.3. The molecule has 0 saturated carbocycles. The Morgan fingerprint density at radius 3 is 2.94 bits per heavy atom. The number of hydrogen-bond donors (Lipinski definition) is 3. The lowest BCUT2D eigenvalue weighted by Crippen LogP contribution is -2.36. The molecular formula is C11H14N4O2. The van der Waals surface area contributed by atoms with E-state index in [9.17, 15) is 4.79 Å². The number of amides is 1. The zero-order valence-electron chi connectivity index (χ0n) is 9.47. The van der Waals surface area contributed by atoms with Crippen LogP contribution in [0.5, 0.6) is 0 Å². The van der Waals surface area contributed by atoms with Crippen LogP contribution >= 0.6 is 0 Å². The third-order valence-electron chi connectivity index (χ3n) is 2.63. The summed E-state index contributed by atoms with van der Waals surface area (Å²) in [6.07, 6.45) is 0.689. The number of rotatable bonds is 4. The molecular weight excluding hydrogens is 220 g/mol. The number of carbonyl (C=O) groups is 1. The fourth-order valence-electron chi connectivity index (χ4n) is 1.53. The molecule has 0 bridgehead atoms. The van der Waals surface area contributed by atoms with Crippen molar-refractivity contribution in [2.45, 2.75) is 19.4 Å². The summed E-state index contributed by atoms with van der Waals surface area (Å²) in [5, 5.41) is 22.1. The van der Waals surface area contributed by atoms with Gasteiger partial charge >= 0.3 is 0 Å². The highest BCUT2D eigenvalue weighted by atomic mass is 16.3. The molecule has 0 radical (unpaired) electrons. The number of nitrogens with one attached hydrogen (secondary N) is 2. The molecule has 1 aromatic carbocycles. The van der Waals surface area contributed by atoms with Crippen molar-refractivity contribution < 1.29 is 9.90 Å². The van der Waals surface area contributed by atoms with Crippen molar-refractivity contribution in [3.05, 3.63) is 23.8 Å². The first-order chi connectivity index (χ1) is 8.24. The molecule has 0 saturated heterocycles. The molecule has 2 aromatic rings. The Morgan fingerprint density at radius 1 is 1.47 bits per heavy atom. The minimum atomic E-state index is -0.212. The number of benzene rings is 1. The fourth-order valence-corrected chi connectivity index (χ4v) is 1.53. The van der Waals surface area contributed by atoms with Crippen molar-refractivity contribution in [2.75, 3.05) is 6.61 Å². The predicted molar refractivity (Wildman–Crippen MR) is 62.5 cm³/mol. The van der Waals surface area contributed by atoms with Gasteiger partial charge in [0, 0.05) is 5.56 Å². The summed E-state index contributed by atoms with van der Waals surface area (Å²) in [6, 6.07) is 4.87. The third kappa shape index (κ3) is 2.42. The van der Waals surface area contributed by atoms with Gasteiger partial charge in [-0.3, -0.25) is 4.79 Å². The van der Waals surface area contributed by atoms with E-state index in [1.54, 1.807) is 18.2 Å². The standard InChI is InChI=1S/C11H14N4O2/c1-2-8(6-16)12-11(17)7-3-4-9-10(5-7)14-15-13-9/h3-5,8,16H,2,6H2,1H3,(H,12,17)(H,13,14,15)/t8-/m0/s1. The number of aromatic nitrogens is 3. The van der Waals surface area contributed by atoms with Gasteiger partial charge in [0.05, 0.1) is 12.6 Å². The van der Waals surface area contributed by atoms with Gasteiger partial charge in [0.15, 0.2) is 0 Å². The number of nitrogens with zero attached hydrogens (tertiary/aromatic N) is 2. The summed E-state index contributed by atoms with van der Waals surface area (Å²) in [5.41, 5.74) is 1.88. The second-order valence-electron chi connectivity index (χ2n) is 3.79. The molecule has 17 heavy (non-hydrogen) atoms. The van der Waals surface area contributed by atoms with E-state index < -0.39 is 0 Å². The highest BCUT2D eigenvalue weighted by molar-refractivity contribution is 5.97. The van der Waals surface area contributed by atoms with Crippen molar-refractivity contribution in [3.8, 4) is 0 Å². The maximum Gasteiger partial charge on any atom is 0.251 e. The molecule has 0 aliphatic rings. The maximum atomic E-state index is 11.9. The van der Waals surface area contributed by atoms with Crippen molar-refractivity contribution in [1.82, 2.24) is 20.7 Å². The SMILES string of the molecule is CC[C@@H](CO)NC(=O)c1ccc2n[nH]nc2c1. The number of fused-ring (bicyclic) bond motifs is 1. The number of H-pyrrole nitrogens is 1. The molecule has 1 heterocycles. The number of carbonyl (C=O) groups excluding carboxylic acids is 1. The fraction of sp³-hybridized carbons (Fsp3) is 0.364. The van der Waals surface area contributed by atoms with Crippen LogP contribution in [0.25, 0.3) is 11.0 Å². The van der Waals surface area contributed by atoms with Crippen LogP contribution in [-0.2, 0) is 0 Å². The molecule has 0 aliphatic carbocycles. The van der Waals surface area contributed by atoms with Crippen molar-refractivity contribution in [1.29, 1.82) is 0 Å². The largest absolute Gasteiger partial charge is 0.394 e. The van der Waals surface area contributed by atoms with Crippen LogP contribution in [0, 0.1) is 0 Å². The van der Waals surface area contributed by atoms with Gasteiger partial charge in [0.2, 0.25) is 0 Å². The molecule has 2 rings (SSSR count). The summed E-state index contributed by atoms with van der Waals surface area (Å²) >= 11 is 0. The summed E-state index contributed by atoms with van der Waals surface area (Å²) in [6.45, 7) is 1.84. The normalized spacial score (nSPS) is 12.6. The summed E-state index contributed by atoms with van der Waals surface area (Å²) in [4.78, 5) is 11.9. The van der Waals surface area contributed by atoms with E-state index in [-0.39, 0.29) is 18.6 Å². The molecule has 6 nitrogen and oxygen atoms in total. The molecule has 1 aromatic heterocycles. The van der Waals surface area contributed by atoms with E-state index in [1.165, 1.54) is 0 Å². The lowest BCUT2D eigenvalue weighted by Gasteiger charge is -2.13. The lowest BCUT2D eigenvalue weighted by molar-refractivity contribution is 0.0915. The summed E-state index contributed by atoms with van der Waals surface area (Å²) in [5.74, 6) is -0.212. The highest BCUT2D eigenvalue weighted by Gasteiger charge is 2.12. The number of aromatic amines is 1. The topological polar surface area (TPSA) is 90.9 Å². The van der Waals surface area contributed by atoms with Gasteiger partial charge in [-0.05, 0) is 24.6 Å². The van der Waals surface area contributed by atoms with Gasteiger partial charge in [0.25, 0.3) is 5.91 Å². The van der Waals surface area contributed by atoms with Crippen molar-refractivity contribution in [2.24, 2.45) is 0 Å². The Kier molecular flexibility index (Phi) is 3.34. The zero-order valence-corrected chi connectivity index (χ0v) is 9.47. The molecule has 90 valence electrons. The second kappa shape index (κ2) is 4.92. The van der Waals surface area contributed by atoms with E-state index in [2.05, 4.69) is 20.7 Å². The average molecular weight is 234 g/mol. The van der Waals surface area contributed by atoms with Crippen LogP contribution < -0.4 is 5.32 Å². The Bertz CT molecular complexity index is 519. The van der Waals surface area contributed by atoms with E-state index in [4.69, 9.17) is 5.11 Å². The van der Waals surface area contributed by atoms with Crippen molar-refractivity contribution >= 4 is 16.9 Å². The van der Waals surface area contributed by atoms with Crippen LogP contribution in [0.4, 0.5) is 0 Å². The lowest BCUT2D eigenvalue weighted by atomic mass is 10.1. The van der Waals surface area contributed by atoms with Gasteiger partial charge < -0.3 is 10.4 Å². The van der Waals surface area contributed by atoms with E-state index in [1.807, 2.05) is 6.92 Å². The summed E-state index contributed by atoms with van der Waals surface area (Å²) < 4.78 is 0. The van der Waals surface area contributed by atoms with Crippen LogP contribution in [-0.4, -0.2) is 39.1 Å². The number of hydrogen-bond acceptors (Lipinski definition) is 4. The molecule has 1 amide bonds. The van der Waals surface area contributed by atoms with Crippen LogP contribution in [0.15, 0.2) is 18.2 Å². The van der Waals surface area contributed by atoms with Gasteiger partial charge in [-0.25, -0.2) is 0 Å². The van der Waals surface area contributed by atoms with Crippen LogP contribution in [0.2, 0.25) is 0 Å². The number of aliphatic hydroxyl groups is 1. The minimum Gasteiger partial charge on any atom is -0.394 e. The average Bonchev–Trinajstić information content (AvgIpc) is 2.82. The molecule has 3 N–H and O–H groups in total. The second-order valence-corrected chi connectivity index (χ2v) is 3.79. The van der Waals surface area contributed by atoms with E-state index in [0.29, 0.717) is 17.5 Å². The Labute approximate surface area is 98.0 Å². The Hall–Kier alpha value is -1.95. The third-order valence-corrected chi connectivity index (χ3v) is 2.63. The first-order valence-corrected chi connectivity index (χ1v) is 5.47. The molecule has 0 spiro atoms. The molecule has 0 aliphatic heterocycles. The smallest absolute Gasteiger partial charge is 0.251 e. The van der Waals surface area contributed by atoms with Gasteiger partial charge in [-0.1, -0.05) is 6.92 Å².